The molecular formula is C15H16N2O4. The van der Waals surface area contributed by atoms with Gasteiger partial charge in [0.05, 0.1) is 4.92 Å². The van der Waals surface area contributed by atoms with Crippen molar-refractivity contribution >= 4 is 23.4 Å². The molecule has 0 aromatic heterocycles. The number of rotatable bonds is 8. The van der Waals surface area contributed by atoms with E-state index in [2.05, 4.69) is 13.2 Å². The molecule has 0 fully saturated rings. The number of hydrogen-bond donors (Lipinski definition) is 1. The standard InChI is InChI=1S/C15H16N2O4/c1-3-9-16(10-4-2)13-7-5-12(6-8-15(18)19)11-14(13)17(20)21/h3-8,11H,1-2,9-10H2,(H,18,19)/b8-6+. The monoisotopic (exact) mass is 288 g/mol. The van der Waals surface area contributed by atoms with Crippen LogP contribution in [0.2, 0.25) is 0 Å². The van der Waals surface area contributed by atoms with Crippen molar-refractivity contribution in [2.75, 3.05) is 18.0 Å². The van der Waals surface area contributed by atoms with Crippen LogP contribution in [0.15, 0.2) is 49.6 Å². The molecular weight excluding hydrogens is 272 g/mol. The van der Waals surface area contributed by atoms with E-state index >= 15 is 0 Å². The number of hydrogen-bond acceptors (Lipinski definition) is 4. The van der Waals surface area contributed by atoms with Gasteiger partial charge in [0, 0.05) is 25.2 Å². The van der Waals surface area contributed by atoms with E-state index in [1.165, 1.54) is 12.1 Å². The Balaban J connectivity index is 3.25. The summed E-state index contributed by atoms with van der Waals surface area (Å²) in [6.45, 7) is 8.14. The van der Waals surface area contributed by atoms with Gasteiger partial charge in [0.1, 0.15) is 5.69 Å². The van der Waals surface area contributed by atoms with Crippen LogP contribution in [0, 0.1) is 10.1 Å². The fraction of sp³-hybridized carbons (Fsp3) is 0.133. The Morgan fingerprint density at radius 2 is 1.95 bits per heavy atom. The summed E-state index contributed by atoms with van der Waals surface area (Å²) in [5, 5.41) is 19.8. The fourth-order valence-electron chi connectivity index (χ4n) is 1.81. The molecule has 0 amide bonds. The highest BCUT2D eigenvalue weighted by atomic mass is 16.6. The highest BCUT2D eigenvalue weighted by Gasteiger charge is 2.18. The van der Waals surface area contributed by atoms with Crippen LogP contribution >= 0.6 is 0 Å². The number of nitro benzene ring substituents is 1. The van der Waals surface area contributed by atoms with Crippen molar-refractivity contribution in [2.24, 2.45) is 0 Å². The zero-order valence-corrected chi connectivity index (χ0v) is 11.4. The molecule has 1 N–H and O–H groups in total. The minimum absolute atomic E-state index is 0.0914. The molecule has 1 rings (SSSR count). The molecule has 0 radical (unpaired) electrons. The Morgan fingerprint density at radius 1 is 1.33 bits per heavy atom. The van der Waals surface area contributed by atoms with E-state index in [1.54, 1.807) is 29.2 Å². The first-order chi connectivity index (χ1) is 9.99. The largest absolute Gasteiger partial charge is 0.478 e. The van der Waals surface area contributed by atoms with Gasteiger partial charge in [0.25, 0.3) is 5.69 Å². The van der Waals surface area contributed by atoms with Gasteiger partial charge in [0.2, 0.25) is 0 Å². The van der Waals surface area contributed by atoms with Crippen molar-refractivity contribution in [3.05, 3.63) is 65.3 Å². The maximum Gasteiger partial charge on any atom is 0.328 e. The third kappa shape index (κ3) is 4.61. The van der Waals surface area contributed by atoms with Gasteiger partial charge in [0.15, 0.2) is 0 Å². The Morgan fingerprint density at radius 3 is 2.43 bits per heavy atom. The van der Waals surface area contributed by atoms with Gasteiger partial charge in [-0.2, -0.15) is 0 Å². The van der Waals surface area contributed by atoms with Crippen LogP contribution in [0.1, 0.15) is 5.56 Å². The van der Waals surface area contributed by atoms with Crippen LogP contribution in [0.5, 0.6) is 0 Å². The summed E-state index contributed by atoms with van der Waals surface area (Å²) >= 11 is 0. The Kier molecular flexibility index (Phi) is 5.88. The maximum absolute atomic E-state index is 11.2. The SMILES string of the molecule is C=CCN(CC=C)c1ccc(/C=C/C(=O)O)cc1[N+](=O)[O-]. The Labute approximate surface area is 122 Å². The minimum Gasteiger partial charge on any atom is -0.478 e. The van der Waals surface area contributed by atoms with Gasteiger partial charge < -0.3 is 10.0 Å². The molecule has 0 bridgehead atoms. The number of benzene rings is 1. The van der Waals surface area contributed by atoms with Crippen LogP contribution in [-0.4, -0.2) is 29.1 Å². The molecule has 0 heterocycles. The lowest BCUT2D eigenvalue weighted by Gasteiger charge is -2.21. The second kappa shape index (κ2) is 7.64. The van der Waals surface area contributed by atoms with E-state index in [-0.39, 0.29) is 5.69 Å². The van der Waals surface area contributed by atoms with Gasteiger partial charge in [-0.05, 0) is 17.7 Å². The zero-order chi connectivity index (χ0) is 15.8. The topological polar surface area (TPSA) is 83.7 Å². The number of nitrogens with zero attached hydrogens (tertiary/aromatic N) is 2. The average Bonchev–Trinajstić information content (AvgIpc) is 2.44. The predicted molar refractivity (Wildman–Crippen MR) is 82.4 cm³/mol. The molecule has 0 saturated carbocycles. The third-order valence-electron chi connectivity index (χ3n) is 2.65. The first-order valence-electron chi connectivity index (χ1n) is 6.15. The smallest absolute Gasteiger partial charge is 0.328 e. The van der Waals surface area contributed by atoms with Crippen molar-refractivity contribution in [1.29, 1.82) is 0 Å². The van der Waals surface area contributed by atoms with Crippen molar-refractivity contribution in [3.63, 3.8) is 0 Å². The van der Waals surface area contributed by atoms with Crippen LogP contribution in [0.25, 0.3) is 6.08 Å². The van der Waals surface area contributed by atoms with E-state index in [1.807, 2.05) is 0 Å². The van der Waals surface area contributed by atoms with E-state index in [0.29, 0.717) is 24.3 Å². The zero-order valence-electron chi connectivity index (χ0n) is 11.4. The molecule has 21 heavy (non-hydrogen) atoms. The molecule has 0 unspecified atom stereocenters. The van der Waals surface area contributed by atoms with Gasteiger partial charge in [-0.25, -0.2) is 4.79 Å². The normalized spacial score (nSPS) is 10.3. The van der Waals surface area contributed by atoms with Crippen LogP contribution < -0.4 is 4.90 Å². The second-order valence-corrected chi connectivity index (χ2v) is 4.16. The first-order valence-corrected chi connectivity index (χ1v) is 6.15. The molecule has 110 valence electrons. The summed E-state index contributed by atoms with van der Waals surface area (Å²) in [5.74, 6) is -1.11. The van der Waals surface area contributed by atoms with E-state index in [9.17, 15) is 14.9 Å². The fourth-order valence-corrected chi connectivity index (χ4v) is 1.81. The van der Waals surface area contributed by atoms with Gasteiger partial charge in [-0.15, -0.1) is 13.2 Å². The summed E-state index contributed by atoms with van der Waals surface area (Å²) in [7, 11) is 0. The first kappa shape index (κ1) is 16.2. The van der Waals surface area contributed by atoms with Gasteiger partial charge in [-0.3, -0.25) is 10.1 Å². The molecule has 0 aliphatic carbocycles. The van der Waals surface area contributed by atoms with Crippen molar-refractivity contribution in [3.8, 4) is 0 Å². The van der Waals surface area contributed by atoms with Crippen LogP contribution in [-0.2, 0) is 4.79 Å². The Hall–Kier alpha value is -2.89. The van der Waals surface area contributed by atoms with Gasteiger partial charge >= 0.3 is 5.97 Å². The number of carboxylic acids is 1. The summed E-state index contributed by atoms with van der Waals surface area (Å²) in [6, 6.07) is 4.56. The predicted octanol–water partition coefficient (Wildman–Crippen LogP) is 2.87. The second-order valence-electron chi connectivity index (χ2n) is 4.16. The minimum atomic E-state index is -1.11. The lowest BCUT2D eigenvalue weighted by atomic mass is 10.1. The van der Waals surface area contributed by atoms with Crippen molar-refractivity contribution < 1.29 is 14.8 Å². The molecule has 6 heteroatoms. The van der Waals surface area contributed by atoms with Crippen LogP contribution in [0.4, 0.5) is 11.4 Å². The number of nitro groups is 1. The average molecular weight is 288 g/mol. The highest BCUT2D eigenvalue weighted by molar-refractivity contribution is 5.85. The van der Waals surface area contributed by atoms with E-state index in [4.69, 9.17) is 5.11 Å². The van der Waals surface area contributed by atoms with Crippen molar-refractivity contribution in [2.45, 2.75) is 0 Å². The summed E-state index contributed by atoms with van der Waals surface area (Å²) < 4.78 is 0. The summed E-state index contributed by atoms with van der Waals surface area (Å²) in [6.07, 6.45) is 5.53. The molecule has 0 aliphatic rings. The van der Waals surface area contributed by atoms with Crippen molar-refractivity contribution in [1.82, 2.24) is 0 Å². The van der Waals surface area contributed by atoms with Gasteiger partial charge in [-0.1, -0.05) is 18.2 Å². The molecule has 1 aromatic carbocycles. The Bertz CT molecular complexity index is 583. The number of aliphatic carboxylic acids is 1. The molecule has 0 saturated heterocycles. The van der Waals surface area contributed by atoms with E-state index in [0.717, 1.165) is 6.08 Å². The molecule has 0 aliphatic heterocycles. The third-order valence-corrected chi connectivity index (χ3v) is 2.65. The lowest BCUT2D eigenvalue weighted by molar-refractivity contribution is -0.384. The summed E-state index contributed by atoms with van der Waals surface area (Å²) in [4.78, 5) is 23.0. The lowest BCUT2D eigenvalue weighted by Crippen LogP contribution is -2.24. The molecule has 6 nitrogen and oxygen atoms in total. The highest BCUT2D eigenvalue weighted by Crippen LogP contribution is 2.29. The molecule has 1 aromatic rings. The molecule has 0 spiro atoms. The molecule has 0 atom stereocenters. The quantitative estimate of drug-likeness (QED) is 0.344. The number of anilines is 1. The summed E-state index contributed by atoms with van der Waals surface area (Å²) in [5.41, 5.74) is 0.795. The number of carbonyl (C=O) groups is 1. The number of carboxylic acid groups (broad SMARTS) is 1. The maximum atomic E-state index is 11.2. The van der Waals surface area contributed by atoms with E-state index < -0.39 is 10.9 Å². The van der Waals surface area contributed by atoms with Crippen LogP contribution in [0.3, 0.4) is 0 Å².